The van der Waals surface area contributed by atoms with Crippen LogP contribution >= 0.6 is 0 Å². The lowest BCUT2D eigenvalue weighted by molar-refractivity contribution is -0.235. The van der Waals surface area contributed by atoms with Crippen molar-refractivity contribution in [3.05, 3.63) is 11.1 Å². The van der Waals surface area contributed by atoms with E-state index in [4.69, 9.17) is 4.74 Å². The van der Waals surface area contributed by atoms with Gasteiger partial charge in [-0.05, 0) is 138 Å². The summed E-state index contributed by atoms with van der Waals surface area (Å²) in [6.07, 6.45) is 13.8. The van der Waals surface area contributed by atoms with Crippen LogP contribution in [0.2, 0.25) is 0 Å². The number of Topliss-reactive ketones (excluding diaryl/α,β-unsaturated/α-hetero) is 1. The molecule has 0 aliphatic heterocycles. The largest absolute Gasteiger partial charge is 0.481 e. The molecule has 5 saturated carbocycles. The molecule has 8 heteroatoms. The van der Waals surface area contributed by atoms with E-state index in [1.165, 1.54) is 37.7 Å². The van der Waals surface area contributed by atoms with Crippen molar-refractivity contribution in [2.75, 3.05) is 33.7 Å². The summed E-state index contributed by atoms with van der Waals surface area (Å²) in [4.78, 5) is 44.1. The number of carboxylic acids is 1. The van der Waals surface area contributed by atoms with E-state index in [2.05, 4.69) is 72.4 Å². The van der Waals surface area contributed by atoms with Crippen LogP contribution in [-0.2, 0) is 19.1 Å². The lowest BCUT2D eigenvalue weighted by atomic mass is 9.33. The zero-order valence-corrected chi connectivity index (χ0v) is 36.7. The highest BCUT2D eigenvalue weighted by Gasteiger charge is 2.71. The smallest absolute Gasteiger partial charge is 0.309 e. The number of nitrogens with zero attached hydrogens (tertiary/aromatic N) is 2. The summed E-state index contributed by atoms with van der Waals surface area (Å²) in [5.41, 5.74) is 0.699. The Balaban J connectivity index is 1.29. The number of carboxylic acid groups (broad SMARTS) is 1. The first-order valence-electron chi connectivity index (χ1n) is 22.3. The predicted molar refractivity (Wildman–Crippen MR) is 218 cm³/mol. The van der Waals surface area contributed by atoms with Crippen molar-refractivity contribution in [3.8, 4) is 0 Å². The van der Waals surface area contributed by atoms with Gasteiger partial charge in [0.15, 0.2) is 5.78 Å². The molecule has 0 heterocycles. The van der Waals surface area contributed by atoms with E-state index >= 15 is 0 Å². The second kappa shape index (κ2) is 15.1. The molecule has 2 N–H and O–H groups in total. The number of aliphatic hydroxyl groups is 1. The van der Waals surface area contributed by atoms with E-state index in [1.807, 2.05) is 0 Å². The van der Waals surface area contributed by atoms with Gasteiger partial charge in [0.25, 0.3) is 0 Å². The molecule has 6 aliphatic rings. The van der Waals surface area contributed by atoms with Crippen LogP contribution in [0.5, 0.6) is 0 Å². The Kier molecular flexibility index (Phi) is 11.8. The van der Waals surface area contributed by atoms with Crippen LogP contribution in [-0.4, -0.2) is 89.7 Å². The third kappa shape index (κ3) is 7.10. The van der Waals surface area contributed by atoms with E-state index in [0.29, 0.717) is 30.8 Å². The Morgan fingerprint density at radius 2 is 1.53 bits per heavy atom. The molecule has 0 aromatic carbocycles. The zero-order chi connectivity index (χ0) is 40.5. The van der Waals surface area contributed by atoms with Crippen LogP contribution in [0.4, 0.5) is 0 Å². The number of rotatable bonds is 12. The number of carbonyl (C=O) groups is 3. The molecule has 312 valence electrons. The van der Waals surface area contributed by atoms with Crippen LogP contribution < -0.4 is 0 Å². The van der Waals surface area contributed by atoms with Crippen molar-refractivity contribution in [1.82, 2.24) is 9.80 Å². The fourth-order valence-electron chi connectivity index (χ4n) is 14.5. The lowest BCUT2D eigenvalue weighted by Gasteiger charge is -2.72. The molecule has 0 radical (unpaired) electrons. The molecule has 9 unspecified atom stereocenters. The van der Waals surface area contributed by atoms with E-state index in [-0.39, 0.29) is 51.8 Å². The minimum absolute atomic E-state index is 0.0110. The van der Waals surface area contributed by atoms with Crippen LogP contribution in [0.1, 0.15) is 159 Å². The SMILES string of the molecule is CC(C)C1=C2C3CCC4C5(C)CCC(OC(=O)CC(C)(C)C(=O)O)C(C)(C)C5CCC4(C)C3(C)CCC2(C(O)CN(CCN(C)C)C2CCCCC2)CC1=O. The fraction of sp³-hybridized carbons (Fsp3) is 0.894. The van der Waals surface area contributed by atoms with Gasteiger partial charge in [0.05, 0.1) is 17.9 Å². The van der Waals surface area contributed by atoms with Crippen LogP contribution in [0.3, 0.4) is 0 Å². The summed E-state index contributed by atoms with van der Waals surface area (Å²) in [6, 6.07) is 0.507. The Hall–Kier alpha value is -1.77. The van der Waals surface area contributed by atoms with Crippen molar-refractivity contribution < 1.29 is 29.3 Å². The first-order valence-corrected chi connectivity index (χ1v) is 22.3. The predicted octanol–water partition coefficient (Wildman–Crippen LogP) is 8.94. The molecule has 9 atom stereocenters. The van der Waals surface area contributed by atoms with E-state index in [9.17, 15) is 24.6 Å². The minimum Gasteiger partial charge on any atom is -0.481 e. The Bertz CT molecular complexity index is 1510. The molecule has 5 fully saturated rings. The minimum atomic E-state index is -1.16. The van der Waals surface area contributed by atoms with Gasteiger partial charge in [0, 0.05) is 42.9 Å². The second-order valence-electron chi connectivity index (χ2n) is 22.2. The van der Waals surface area contributed by atoms with Crippen molar-refractivity contribution in [2.45, 2.75) is 177 Å². The normalized spacial score (nSPS) is 38.4. The maximum absolute atomic E-state index is 14.3. The molecule has 0 aromatic rings. The molecule has 0 amide bonds. The molecule has 6 aliphatic carbocycles. The van der Waals surface area contributed by atoms with Gasteiger partial charge in [-0.1, -0.05) is 73.3 Å². The van der Waals surface area contributed by atoms with Crippen molar-refractivity contribution >= 4 is 17.7 Å². The number of aliphatic carboxylic acids is 1. The number of aliphatic hydroxyl groups excluding tert-OH is 1. The number of esters is 1. The van der Waals surface area contributed by atoms with Gasteiger partial charge in [-0.15, -0.1) is 0 Å². The molecule has 0 saturated heterocycles. The van der Waals surface area contributed by atoms with Crippen molar-refractivity contribution in [1.29, 1.82) is 0 Å². The number of allylic oxidation sites excluding steroid dienone is 1. The Morgan fingerprint density at radius 1 is 0.855 bits per heavy atom. The first kappa shape index (κ1) is 42.8. The first-order chi connectivity index (χ1) is 25.5. The Morgan fingerprint density at radius 3 is 2.15 bits per heavy atom. The zero-order valence-electron chi connectivity index (χ0n) is 36.7. The number of carbonyl (C=O) groups excluding carboxylic acids is 2. The van der Waals surface area contributed by atoms with Gasteiger partial charge in [-0.25, -0.2) is 0 Å². The third-order valence-corrected chi connectivity index (χ3v) is 17.8. The van der Waals surface area contributed by atoms with Gasteiger partial charge >= 0.3 is 11.9 Å². The number of ketones is 1. The fourth-order valence-corrected chi connectivity index (χ4v) is 14.5. The van der Waals surface area contributed by atoms with Crippen molar-refractivity contribution in [3.63, 3.8) is 0 Å². The van der Waals surface area contributed by atoms with Gasteiger partial charge in [0.2, 0.25) is 0 Å². The highest BCUT2D eigenvalue weighted by atomic mass is 16.5. The van der Waals surface area contributed by atoms with Gasteiger partial charge in [-0.2, -0.15) is 0 Å². The van der Waals surface area contributed by atoms with E-state index in [1.54, 1.807) is 13.8 Å². The summed E-state index contributed by atoms with van der Waals surface area (Å²) in [6.45, 7) is 22.5. The van der Waals surface area contributed by atoms with Crippen LogP contribution in [0.15, 0.2) is 11.1 Å². The standard InChI is InChI=1S/C47H78N2O6/c1-30(2)39-33(50)27-47(36(51)29-49(26-25-48(10)11)31-15-13-12-14-16-31)24-23-45(8)32(40(39)47)17-18-35-44(7)21-20-37(55-38(52)28-42(3,4)41(53)54)43(5,6)34(44)19-22-46(35,45)9/h30-32,34-37,51H,12-29H2,1-11H3,(H,53,54). The van der Waals surface area contributed by atoms with E-state index in [0.717, 1.165) is 70.0 Å². The number of likely N-dealkylation sites (N-methyl/N-ethyl adjacent to an activating group) is 1. The molecule has 55 heavy (non-hydrogen) atoms. The quantitative estimate of drug-likeness (QED) is 0.190. The Labute approximate surface area is 334 Å². The van der Waals surface area contributed by atoms with E-state index < -0.39 is 28.9 Å². The molecule has 8 nitrogen and oxygen atoms in total. The van der Waals surface area contributed by atoms with Gasteiger partial charge < -0.3 is 19.8 Å². The van der Waals surface area contributed by atoms with Crippen molar-refractivity contribution in [2.24, 2.45) is 56.2 Å². The summed E-state index contributed by atoms with van der Waals surface area (Å²) in [7, 11) is 4.28. The maximum atomic E-state index is 14.3. The van der Waals surface area contributed by atoms with Crippen LogP contribution in [0, 0.1) is 56.2 Å². The molecule has 0 aromatic heterocycles. The molecule has 6 rings (SSSR count). The number of ether oxygens (including phenoxy) is 1. The molecular weight excluding hydrogens is 689 g/mol. The number of hydrogen-bond acceptors (Lipinski definition) is 7. The monoisotopic (exact) mass is 767 g/mol. The van der Waals surface area contributed by atoms with Gasteiger partial charge in [-0.3, -0.25) is 19.3 Å². The summed E-state index contributed by atoms with van der Waals surface area (Å²) in [5.74, 6) is 0.214. The van der Waals surface area contributed by atoms with Crippen LogP contribution in [0.25, 0.3) is 0 Å². The molecule has 0 bridgehead atoms. The summed E-state index contributed by atoms with van der Waals surface area (Å²) < 4.78 is 6.20. The topological polar surface area (TPSA) is 107 Å². The number of hydrogen-bond donors (Lipinski definition) is 2. The molecule has 0 spiro atoms. The summed E-state index contributed by atoms with van der Waals surface area (Å²) in [5, 5.41) is 22.4. The summed E-state index contributed by atoms with van der Waals surface area (Å²) >= 11 is 0. The van der Waals surface area contributed by atoms with Gasteiger partial charge in [0.1, 0.15) is 6.10 Å². The second-order valence-corrected chi connectivity index (χ2v) is 22.2. The molecular formula is C47H78N2O6. The average molecular weight is 767 g/mol. The highest BCUT2D eigenvalue weighted by molar-refractivity contribution is 6.00. The highest BCUT2D eigenvalue weighted by Crippen LogP contribution is 2.77. The third-order valence-electron chi connectivity index (χ3n) is 17.8. The lowest BCUT2D eigenvalue weighted by Crippen LogP contribution is -2.66. The average Bonchev–Trinajstić information content (AvgIpc) is 3.41. The number of fused-ring (bicyclic) bond motifs is 7. The maximum Gasteiger partial charge on any atom is 0.309 e.